The molecule has 0 radical (unpaired) electrons. The Bertz CT molecular complexity index is 395. The van der Waals surface area contributed by atoms with Gasteiger partial charge in [-0.25, -0.2) is 9.59 Å². The van der Waals surface area contributed by atoms with Crippen molar-refractivity contribution in [2.45, 2.75) is 0 Å². The van der Waals surface area contributed by atoms with Gasteiger partial charge >= 0.3 is 63.0 Å². The molecule has 1 aromatic rings. The largest absolute Gasteiger partial charge is 1.00 e. The minimum absolute atomic E-state index is 0. The van der Waals surface area contributed by atoms with E-state index in [-0.39, 0.29) is 56.9 Å². The molecule has 0 aromatic heterocycles. The molecule has 1 rings (SSSR count). The smallest absolute Gasteiger partial charge is 0.545 e. The van der Waals surface area contributed by atoms with E-state index in [0.717, 1.165) is 7.11 Å². The Morgan fingerprint density at radius 3 is 1.89 bits per heavy atom. The molecule has 1 aromatic carbocycles. The number of carboxylic acid groups (broad SMARTS) is 1. The maximum Gasteiger partial charge on any atom is 1.00 e. The summed E-state index contributed by atoms with van der Waals surface area (Å²) in [5.41, 5.74) is -0.977. The van der Waals surface area contributed by atoms with E-state index in [0.29, 0.717) is 0 Å². The zero-order chi connectivity index (χ0) is 13.3. The first kappa shape index (κ1) is 19.9. The van der Waals surface area contributed by atoms with Crippen LogP contribution < -0.4 is 56.5 Å². The number of hydrogen-bond donors (Lipinski definition) is 0. The van der Waals surface area contributed by atoms with Crippen molar-refractivity contribution < 1.29 is 80.3 Å². The molecule has 0 heterocycles. The third-order valence-electron chi connectivity index (χ3n) is 1.34. The van der Waals surface area contributed by atoms with Crippen LogP contribution >= 0.6 is 11.6 Å². The molecule has 0 saturated carbocycles. The van der Waals surface area contributed by atoms with E-state index in [1.807, 2.05) is 0 Å². The monoisotopic (exact) mass is 298 g/mol. The predicted molar refractivity (Wildman–Crippen MR) is 55.5 cm³/mol. The van der Waals surface area contributed by atoms with Gasteiger partial charge in [0, 0.05) is 11.6 Å². The van der Waals surface area contributed by atoms with Crippen molar-refractivity contribution in [2.24, 2.45) is 0 Å². The summed E-state index contributed by atoms with van der Waals surface area (Å²) in [6.07, 6.45) is -1.11. The summed E-state index contributed by atoms with van der Waals surface area (Å²) >= 11 is 4.59. The van der Waals surface area contributed by atoms with E-state index in [1.54, 1.807) is 18.2 Å². The summed E-state index contributed by atoms with van der Waals surface area (Å²) in [5.74, 6) is -1.13. The number of carbonyl (C=O) groups is 3. The molecule has 6 nitrogen and oxygen atoms in total. The summed E-state index contributed by atoms with van der Waals surface area (Å²) in [7, 11) is 1.07. The van der Waals surface area contributed by atoms with Gasteiger partial charge in [-0.15, -0.1) is 0 Å². The molecule has 0 aliphatic heterocycles. The fourth-order valence-electron chi connectivity index (χ4n) is 0.681. The van der Waals surface area contributed by atoms with E-state index >= 15 is 0 Å². The van der Waals surface area contributed by atoms with Crippen LogP contribution in [0.15, 0.2) is 30.3 Å². The number of hydrogen-bond acceptors (Lipinski definition) is 6. The van der Waals surface area contributed by atoms with Gasteiger partial charge < -0.3 is 19.4 Å². The van der Waals surface area contributed by atoms with Gasteiger partial charge in [0.05, 0.1) is 13.1 Å². The van der Waals surface area contributed by atoms with E-state index in [2.05, 4.69) is 21.1 Å². The molecule has 0 aliphatic rings. The Morgan fingerprint density at radius 2 is 1.67 bits per heavy atom. The molecular weight excluding hydrogens is 291 g/mol. The molecule has 0 saturated heterocycles. The van der Waals surface area contributed by atoms with Crippen LogP contribution in [0.3, 0.4) is 0 Å². The fourth-order valence-corrected chi connectivity index (χ4v) is 0.744. The number of benzene rings is 1. The second-order valence-electron chi connectivity index (χ2n) is 2.45. The van der Waals surface area contributed by atoms with Gasteiger partial charge in [0.2, 0.25) is 0 Å². The molecule has 0 atom stereocenters. The SMILES string of the molecule is COC(=O)OC(=O)Cl.O=C([O-])c1ccccc1.[K+]. The molecule has 0 spiro atoms. The third-order valence-corrected chi connectivity index (χ3v) is 1.42. The summed E-state index contributed by atoms with van der Waals surface area (Å²) in [6, 6.07) is 8.06. The standard InChI is InChI=1S/C7H6O2.C3H3ClO4.K/c8-7(9)6-4-2-1-3-5-6;1-7-3(6)8-2(4)5;/h1-5H,(H,8,9);1H3;/q;;+1/p-1. The van der Waals surface area contributed by atoms with E-state index in [9.17, 15) is 19.5 Å². The third kappa shape index (κ3) is 10.7. The Hall–Kier alpha value is -0.444. The van der Waals surface area contributed by atoms with Gasteiger partial charge in [0.15, 0.2) is 0 Å². The van der Waals surface area contributed by atoms with Crippen molar-refractivity contribution in [1.29, 1.82) is 0 Å². The predicted octanol–water partition coefficient (Wildman–Crippen LogP) is -1.82. The molecular formula is C10H8ClKO6. The van der Waals surface area contributed by atoms with Gasteiger partial charge in [-0.05, 0) is 5.56 Å². The van der Waals surface area contributed by atoms with Crippen LogP contribution in [0.5, 0.6) is 0 Å². The summed E-state index contributed by atoms with van der Waals surface area (Å²) in [5, 5.41) is 10.1. The van der Waals surface area contributed by atoms with E-state index in [4.69, 9.17) is 0 Å². The van der Waals surface area contributed by atoms with Crippen molar-refractivity contribution in [1.82, 2.24) is 0 Å². The Kier molecular flexibility index (Phi) is 12.9. The van der Waals surface area contributed by atoms with Gasteiger partial charge in [-0.3, -0.25) is 0 Å². The molecule has 0 amide bonds. The average molecular weight is 299 g/mol. The number of methoxy groups -OCH3 is 1. The minimum atomic E-state index is -1.20. The van der Waals surface area contributed by atoms with Crippen LogP contribution in [-0.4, -0.2) is 24.7 Å². The first-order valence-corrected chi connectivity index (χ1v) is 4.56. The Labute approximate surface area is 151 Å². The summed E-state index contributed by atoms with van der Waals surface area (Å²) in [6.45, 7) is 0. The van der Waals surface area contributed by atoms with Crippen LogP contribution in [-0.2, 0) is 9.47 Å². The number of aromatic carboxylic acids is 1. The van der Waals surface area contributed by atoms with Gasteiger partial charge in [-0.1, -0.05) is 30.3 Å². The zero-order valence-electron chi connectivity index (χ0n) is 9.71. The maximum absolute atomic E-state index is 10.1. The maximum atomic E-state index is 10.1. The number of carboxylic acids is 1. The van der Waals surface area contributed by atoms with E-state index in [1.165, 1.54) is 12.1 Å². The molecule has 0 unspecified atom stereocenters. The molecule has 0 fully saturated rings. The van der Waals surface area contributed by atoms with Crippen molar-refractivity contribution in [3.8, 4) is 0 Å². The number of halogens is 1. The Morgan fingerprint density at radius 1 is 1.17 bits per heavy atom. The molecule has 0 bridgehead atoms. The van der Waals surface area contributed by atoms with Crippen LogP contribution in [0.1, 0.15) is 10.4 Å². The van der Waals surface area contributed by atoms with E-state index < -0.39 is 17.6 Å². The van der Waals surface area contributed by atoms with Crippen LogP contribution in [0, 0.1) is 0 Å². The van der Waals surface area contributed by atoms with Crippen molar-refractivity contribution in [3.05, 3.63) is 35.9 Å². The first-order valence-electron chi connectivity index (χ1n) is 4.19. The second-order valence-corrected chi connectivity index (χ2v) is 2.76. The van der Waals surface area contributed by atoms with Crippen molar-refractivity contribution in [2.75, 3.05) is 7.11 Å². The normalized spacial score (nSPS) is 7.89. The topological polar surface area (TPSA) is 92.7 Å². The Balaban J connectivity index is 0. The first-order chi connectivity index (χ1) is 7.97. The van der Waals surface area contributed by atoms with Gasteiger partial charge in [-0.2, -0.15) is 0 Å². The van der Waals surface area contributed by atoms with Crippen LogP contribution in [0.2, 0.25) is 0 Å². The number of rotatable bonds is 1. The van der Waals surface area contributed by atoms with Gasteiger partial charge in [0.1, 0.15) is 0 Å². The van der Waals surface area contributed by atoms with Crippen molar-refractivity contribution >= 4 is 29.2 Å². The van der Waals surface area contributed by atoms with Crippen molar-refractivity contribution in [3.63, 3.8) is 0 Å². The molecule has 8 heteroatoms. The molecule has 0 N–H and O–H groups in total. The number of ether oxygens (including phenoxy) is 2. The second kappa shape index (κ2) is 11.6. The average Bonchev–Trinajstić information content (AvgIpc) is 2.30. The molecule has 18 heavy (non-hydrogen) atoms. The molecule has 0 aliphatic carbocycles. The van der Waals surface area contributed by atoms with Crippen LogP contribution in [0.25, 0.3) is 0 Å². The summed E-state index contributed by atoms with van der Waals surface area (Å²) < 4.78 is 7.56. The fraction of sp³-hybridized carbons (Fsp3) is 0.100. The summed E-state index contributed by atoms with van der Waals surface area (Å²) in [4.78, 5) is 29.6. The molecule has 92 valence electrons. The van der Waals surface area contributed by atoms with Gasteiger partial charge in [0.25, 0.3) is 0 Å². The zero-order valence-corrected chi connectivity index (χ0v) is 13.6. The van der Waals surface area contributed by atoms with Crippen LogP contribution in [0.4, 0.5) is 9.59 Å². The minimum Gasteiger partial charge on any atom is -0.545 e. The number of carbonyl (C=O) groups excluding carboxylic acids is 3. The quantitative estimate of drug-likeness (QED) is 0.262.